The quantitative estimate of drug-likeness (QED) is 0.202. The van der Waals surface area contributed by atoms with E-state index in [1.54, 1.807) is 58.6 Å². The van der Waals surface area contributed by atoms with Gasteiger partial charge < -0.3 is 33.8 Å². The van der Waals surface area contributed by atoms with Crippen molar-refractivity contribution in [1.29, 1.82) is 0 Å². The van der Waals surface area contributed by atoms with E-state index in [9.17, 15) is 32.5 Å². The van der Waals surface area contributed by atoms with Gasteiger partial charge in [0, 0.05) is 57.0 Å². The summed E-state index contributed by atoms with van der Waals surface area (Å²) in [6.07, 6.45) is 1.68. The van der Waals surface area contributed by atoms with Crippen LogP contribution in [0.3, 0.4) is 0 Å². The molecule has 0 aliphatic carbocycles. The lowest BCUT2D eigenvalue weighted by molar-refractivity contribution is -0.0655. The third-order valence-electron chi connectivity index (χ3n) is 9.96. The van der Waals surface area contributed by atoms with Crippen molar-refractivity contribution in [1.82, 2.24) is 19.7 Å². The number of halogens is 2. The van der Waals surface area contributed by atoms with Gasteiger partial charge in [-0.1, -0.05) is 23.4 Å². The molecular formula is C41H50F2N5O10P. The van der Waals surface area contributed by atoms with E-state index in [0.717, 1.165) is 16.7 Å². The van der Waals surface area contributed by atoms with Crippen LogP contribution in [0, 0.1) is 11.6 Å². The number of nitrogens with one attached hydrogen (secondary N) is 1. The molecule has 3 amide bonds. The number of ether oxygens (including phenoxy) is 1. The van der Waals surface area contributed by atoms with Crippen LogP contribution in [0.2, 0.25) is 0 Å². The van der Waals surface area contributed by atoms with E-state index in [-0.39, 0.29) is 36.1 Å². The fourth-order valence-electron chi connectivity index (χ4n) is 7.32. The Kier molecular flexibility index (Phi) is 11.9. The molecule has 3 atom stereocenters. The summed E-state index contributed by atoms with van der Waals surface area (Å²) in [5.74, 6) is -3.71. The minimum absolute atomic E-state index is 0.0364. The number of carbonyl (C=O) groups excluding carboxylic acids is 3. The fraction of sp³-hybridized carbons (Fsp3) is 0.488. The van der Waals surface area contributed by atoms with Crippen LogP contribution in [0.5, 0.6) is 11.5 Å². The van der Waals surface area contributed by atoms with Gasteiger partial charge in [0.2, 0.25) is 11.2 Å². The highest BCUT2D eigenvalue weighted by molar-refractivity contribution is 7.49. The summed E-state index contributed by atoms with van der Waals surface area (Å²) in [6, 6.07) is 8.25. The second kappa shape index (κ2) is 16.1. The maximum absolute atomic E-state index is 14.5. The molecule has 1 saturated heterocycles. The molecule has 1 aromatic heterocycles. The summed E-state index contributed by atoms with van der Waals surface area (Å²) in [5, 5.41) is 6.72. The summed E-state index contributed by atoms with van der Waals surface area (Å²) in [4.78, 5) is 65.0. The molecule has 6 rings (SSSR count). The van der Waals surface area contributed by atoms with Crippen molar-refractivity contribution >= 4 is 31.4 Å². The number of nitrogens with zero attached hydrogens (tertiary/aromatic N) is 4. The number of pyridine rings is 1. The van der Waals surface area contributed by atoms with E-state index in [2.05, 4.69) is 10.5 Å². The standard InChI is InChI=1S/C41H50F2N5O10P/c1-24-19-41(56-45-24)17-16-25(2)47-23-32(41)48-22-30(36(50)44-20-27-12-13-28(42)18-31(27)43)34(49)35(33(48)37(47)51)54-38(52)46(9)21-26-10-14-29(15-11-26)55-59(53,57-39(3,4)5)58-40(6,7)8/h10-15,18,22,25,32H,16-17,19-21,23H2,1-9H3,(H,44,50)/t25-,32+,41-/m0/s1. The monoisotopic (exact) mass is 841 g/mol. The number of phosphoric acid groups is 1. The first-order valence-corrected chi connectivity index (χ1v) is 20.7. The van der Waals surface area contributed by atoms with Crippen LogP contribution >= 0.6 is 7.82 Å². The van der Waals surface area contributed by atoms with Gasteiger partial charge in [0.05, 0.1) is 23.0 Å². The first-order valence-electron chi connectivity index (χ1n) is 19.2. The van der Waals surface area contributed by atoms with Crippen molar-refractivity contribution in [2.75, 3.05) is 13.6 Å². The zero-order chi connectivity index (χ0) is 43.2. The third-order valence-corrected chi connectivity index (χ3v) is 11.9. The van der Waals surface area contributed by atoms with Gasteiger partial charge >= 0.3 is 13.9 Å². The van der Waals surface area contributed by atoms with E-state index < -0.39 is 83.5 Å². The Bertz CT molecular complexity index is 2270. The van der Waals surface area contributed by atoms with E-state index >= 15 is 0 Å². The number of phosphoric ester groups is 1. The number of aromatic nitrogens is 1. The third kappa shape index (κ3) is 9.69. The lowest BCUT2D eigenvalue weighted by Gasteiger charge is -2.42. The van der Waals surface area contributed by atoms with Crippen LogP contribution in [-0.2, 0) is 31.5 Å². The Balaban J connectivity index is 1.31. The van der Waals surface area contributed by atoms with Gasteiger partial charge in [-0.15, -0.1) is 0 Å². The molecule has 2 aromatic carbocycles. The number of fused-ring (bicyclic) bond motifs is 5. The molecule has 18 heteroatoms. The van der Waals surface area contributed by atoms with Gasteiger partial charge in [0.15, 0.2) is 11.3 Å². The largest absolute Gasteiger partial charge is 0.531 e. The SMILES string of the molecule is CC1=NO[C@@]2(CC[C@H](C)N3C[C@H]2n2cc(C(=O)NCc4ccc(F)cc4F)c(=O)c(OC(=O)N(C)Cc4ccc(OP(=O)(OC(C)(C)C)OC(C)(C)C)cc4)c2C3=O)C1. The molecule has 59 heavy (non-hydrogen) atoms. The lowest BCUT2D eigenvalue weighted by atomic mass is 9.84. The van der Waals surface area contributed by atoms with Crippen LogP contribution in [-0.4, -0.2) is 74.4 Å². The highest BCUT2D eigenvalue weighted by Gasteiger charge is 2.54. The molecule has 2 bridgehead atoms. The molecule has 0 saturated carbocycles. The summed E-state index contributed by atoms with van der Waals surface area (Å²) >= 11 is 0. The smallest absolute Gasteiger partial charge is 0.404 e. The average molecular weight is 842 g/mol. The van der Waals surface area contributed by atoms with E-state index in [1.165, 1.54) is 36.0 Å². The zero-order valence-electron chi connectivity index (χ0n) is 34.6. The maximum Gasteiger partial charge on any atom is 0.531 e. The van der Waals surface area contributed by atoms with Crippen molar-refractivity contribution in [3.63, 3.8) is 0 Å². The Labute approximate surface area is 341 Å². The van der Waals surface area contributed by atoms with E-state index in [0.29, 0.717) is 30.9 Å². The van der Waals surface area contributed by atoms with Crippen LogP contribution < -0.4 is 20.0 Å². The molecule has 3 aromatic rings. The van der Waals surface area contributed by atoms with Crippen molar-refractivity contribution in [3.8, 4) is 11.5 Å². The average Bonchev–Trinajstić information content (AvgIpc) is 3.45. The summed E-state index contributed by atoms with van der Waals surface area (Å²) in [6.45, 7) is 13.7. The number of oxime groups is 1. The number of carbonyl (C=O) groups is 3. The normalized spacial score (nSPS) is 20.4. The molecule has 1 fully saturated rings. The molecule has 3 aliphatic heterocycles. The molecule has 1 N–H and O–H groups in total. The lowest BCUT2D eigenvalue weighted by Crippen LogP contribution is -2.52. The first kappa shape index (κ1) is 43.5. The van der Waals surface area contributed by atoms with Crippen molar-refractivity contribution in [2.45, 2.75) is 117 Å². The van der Waals surface area contributed by atoms with Gasteiger partial charge in [-0.05, 0) is 92.0 Å². The highest BCUT2D eigenvalue weighted by Crippen LogP contribution is 2.55. The molecule has 318 valence electrons. The number of hydrogen-bond acceptors (Lipinski definition) is 11. The van der Waals surface area contributed by atoms with E-state index in [1.807, 2.05) is 13.8 Å². The Morgan fingerprint density at radius 1 is 1.05 bits per heavy atom. The number of rotatable bonds is 10. The fourth-order valence-corrected chi connectivity index (χ4v) is 9.15. The molecule has 1 spiro atoms. The summed E-state index contributed by atoms with van der Waals surface area (Å²) in [7, 11) is -2.66. The maximum atomic E-state index is 14.5. The molecule has 4 heterocycles. The van der Waals surface area contributed by atoms with Crippen molar-refractivity contribution in [2.24, 2.45) is 5.16 Å². The Morgan fingerprint density at radius 3 is 2.31 bits per heavy atom. The molecule has 3 aliphatic rings. The second-order valence-corrected chi connectivity index (χ2v) is 18.7. The van der Waals surface area contributed by atoms with Gasteiger partial charge in [-0.25, -0.2) is 18.1 Å². The van der Waals surface area contributed by atoms with Crippen LogP contribution in [0.25, 0.3) is 0 Å². The minimum Gasteiger partial charge on any atom is -0.404 e. The predicted octanol–water partition coefficient (Wildman–Crippen LogP) is 7.52. The van der Waals surface area contributed by atoms with Crippen LogP contribution in [0.15, 0.2) is 58.6 Å². The second-order valence-electron chi connectivity index (χ2n) is 17.2. The van der Waals surface area contributed by atoms with Gasteiger partial charge in [-0.3, -0.25) is 23.4 Å². The topological polar surface area (TPSA) is 167 Å². The van der Waals surface area contributed by atoms with Gasteiger partial charge in [0.25, 0.3) is 11.8 Å². The number of hydrogen-bond donors (Lipinski definition) is 1. The Morgan fingerprint density at radius 2 is 1.71 bits per heavy atom. The van der Waals surface area contributed by atoms with Crippen molar-refractivity contribution < 1.29 is 50.9 Å². The zero-order valence-corrected chi connectivity index (χ0v) is 35.5. The van der Waals surface area contributed by atoms with E-state index in [4.69, 9.17) is 23.1 Å². The summed E-state index contributed by atoms with van der Waals surface area (Å²) in [5.41, 5.74) is -3.15. The summed E-state index contributed by atoms with van der Waals surface area (Å²) < 4.78 is 66.1. The van der Waals surface area contributed by atoms with Crippen LogP contribution in [0.4, 0.5) is 13.6 Å². The first-order chi connectivity index (χ1) is 27.5. The highest BCUT2D eigenvalue weighted by atomic mass is 31.2. The molecule has 0 radical (unpaired) electrons. The molecule has 0 unspecified atom stereocenters. The van der Waals surface area contributed by atoms with Gasteiger partial charge in [-0.2, -0.15) is 0 Å². The number of amides is 3. The number of benzene rings is 2. The molecule has 15 nitrogen and oxygen atoms in total. The minimum atomic E-state index is -4.08. The Hall–Kier alpha value is -5.12. The van der Waals surface area contributed by atoms with Crippen LogP contribution in [0.1, 0.15) is 113 Å². The van der Waals surface area contributed by atoms with Gasteiger partial charge in [0.1, 0.15) is 22.9 Å². The molecular weight excluding hydrogens is 791 g/mol. The van der Waals surface area contributed by atoms with Crippen molar-refractivity contribution in [3.05, 3.63) is 92.9 Å². The predicted molar refractivity (Wildman–Crippen MR) is 212 cm³/mol.